The van der Waals surface area contributed by atoms with Gasteiger partial charge in [-0.3, -0.25) is 0 Å². The van der Waals surface area contributed by atoms with Crippen LogP contribution in [0.5, 0.6) is 0 Å². The highest BCUT2D eigenvalue weighted by Crippen LogP contribution is 2.24. The molecule has 0 spiro atoms. The Kier molecular flexibility index (Phi) is 4.96. The summed E-state index contributed by atoms with van der Waals surface area (Å²) in [5, 5.41) is 3.45. The van der Waals surface area contributed by atoms with E-state index in [1.807, 2.05) is 13.2 Å². The first kappa shape index (κ1) is 14.8. The highest BCUT2D eigenvalue weighted by molar-refractivity contribution is 5.36. The van der Waals surface area contributed by atoms with Gasteiger partial charge in [-0.2, -0.15) is 0 Å². The minimum Gasteiger partial charge on any atom is -0.335 e. The molecular weight excluding hydrogens is 246 g/mol. The normalized spacial score (nSPS) is 12.6. The second-order valence-electron chi connectivity index (χ2n) is 5.39. The van der Waals surface area contributed by atoms with Gasteiger partial charge >= 0.3 is 0 Å². The molecule has 1 heterocycles. The maximum atomic E-state index is 4.53. The maximum absolute atomic E-state index is 4.53. The lowest BCUT2D eigenvalue weighted by Crippen LogP contribution is -2.22. The molecule has 0 bridgehead atoms. The summed E-state index contributed by atoms with van der Waals surface area (Å²) in [7, 11) is 2.03. The summed E-state index contributed by atoms with van der Waals surface area (Å²) in [5.41, 5.74) is 4.09. The van der Waals surface area contributed by atoms with E-state index in [1.54, 1.807) is 0 Å². The zero-order valence-electron chi connectivity index (χ0n) is 13.0. The molecule has 0 aliphatic rings. The minimum absolute atomic E-state index is 0.314. The van der Waals surface area contributed by atoms with Gasteiger partial charge in [-0.25, -0.2) is 4.98 Å². The number of likely N-dealkylation sites (N-methyl/N-ethyl adjacent to an activating group) is 1. The summed E-state index contributed by atoms with van der Waals surface area (Å²) < 4.78 is 2.26. The molecule has 0 aliphatic heterocycles. The summed E-state index contributed by atoms with van der Waals surface area (Å²) in [5.74, 6) is 1.16. The second kappa shape index (κ2) is 6.71. The number of rotatable bonds is 6. The van der Waals surface area contributed by atoms with E-state index in [0.717, 1.165) is 25.2 Å². The number of benzene rings is 1. The molecular formula is C17H25N3. The number of aromatic nitrogens is 2. The van der Waals surface area contributed by atoms with E-state index < -0.39 is 0 Å². The van der Waals surface area contributed by atoms with Crippen molar-refractivity contribution in [3.8, 4) is 0 Å². The Morgan fingerprint density at radius 2 is 1.95 bits per heavy atom. The Balaban J connectivity index is 2.27. The van der Waals surface area contributed by atoms with Gasteiger partial charge < -0.3 is 9.88 Å². The second-order valence-corrected chi connectivity index (χ2v) is 5.39. The quantitative estimate of drug-likeness (QED) is 0.872. The van der Waals surface area contributed by atoms with Crippen molar-refractivity contribution in [2.75, 3.05) is 7.05 Å². The smallest absolute Gasteiger partial charge is 0.110 e. The molecule has 1 aromatic carbocycles. The molecule has 20 heavy (non-hydrogen) atoms. The van der Waals surface area contributed by atoms with Crippen LogP contribution in [-0.2, 0) is 13.0 Å². The average Bonchev–Trinajstić information content (AvgIpc) is 2.85. The standard InChI is InChI=1S/C17H25N3/c1-5-10-20-11-9-19-16(20)12-15(18-4)17-13(2)7-6-8-14(17)3/h6-9,11,15,18H,5,10,12H2,1-4H3. The van der Waals surface area contributed by atoms with Gasteiger partial charge in [0.25, 0.3) is 0 Å². The van der Waals surface area contributed by atoms with Crippen LogP contribution >= 0.6 is 0 Å². The molecule has 1 unspecified atom stereocenters. The first-order valence-electron chi connectivity index (χ1n) is 7.40. The van der Waals surface area contributed by atoms with Crippen LogP contribution in [0.1, 0.15) is 41.9 Å². The highest BCUT2D eigenvalue weighted by Gasteiger charge is 2.17. The summed E-state index contributed by atoms with van der Waals surface area (Å²) in [6, 6.07) is 6.81. The Labute approximate surface area is 122 Å². The monoisotopic (exact) mass is 271 g/mol. The van der Waals surface area contributed by atoms with Crippen molar-refractivity contribution in [2.24, 2.45) is 0 Å². The molecule has 0 amide bonds. The third-order valence-electron chi connectivity index (χ3n) is 3.89. The van der Waals surface area contributed by atoms with Crippen LogP contribution in [0.25, 0.3) is 0 Å². The Bertz CT molecular complexity index is 537. The largest absolute Gasteiger partial charge is 0.335 e. The highest BCUT2D eigenvalue weighted by atomic mass is 15.1. The zero-order valence-corrected chi connectivity index (χ0v) is 13.0. The zero-order chi connectivity index (χ0) is 14.5. The molecule has 1 N–H and O–H groups in total. The fourth-order valence-corrected chi connectivity index (χ4v) is 2.88. The molecule has 108 valence electrons. The van der Waals surface area contributed by atoms with E-state index in [9.17, 15) is 0 Å². The third-order valence-corrected chi connectivity index (χ3v) is 3.89. The van der Waals surface area contributed by atoms with Crippen LogP contribution in [0.2, 0.25) is 0 Å². The molecule has 0 aliphatic carbocycles. The summed E-state index contributed by atoms with van der Waals surface area (Å²) in [6.07, 6.45) is 6.05. The molecule has 0 saturated heterocycles. The van der Waals surface area contributed by atoms with Crippen LogP contribution in [0.3, 0.4) is 0 Å². The fraction of sp³-hybridized carbons (Fsp3) is 0.471. The van der Waals surface area contributed by atoms with Crippen LogP contribution in [-0.4, -0.2) is 16.6 Å². The Hall–Kier alpha value is -1.61. The molecule has 2 rings (SSSR count). The fourth-order valence-electron chi connectivity index (χ4n) is 2.88. The number of aryl methyl sites for hydroxylation is 3. The lowest BCUT2D eigenvalue weighted by atomic mass is 9.94. The Morgan fingerprint density at radius 3 is 2.55 bits per heavy atom. The van der Waals surface area contributed by atoms with Crippen LogP contribution in [0, 0.1) is 13.8 Å². The van der Waals surface area contributed by atoms with Gasteiger partial charge in [-0.1, -0.05) is 25.1 Å². The van der Waals surface area contributed by atoms with E-state index in [2.05, 4.69) is 60.0 Å². The predicted octanol–water partition coefficient (Wildman–Crippen LogP) is 3.41. The summed E-state index contributed by atoms with van der Waals surface area (Å²) in [4.78, 5) is 4.53. The van der Waals surface area contributed by atoms with Crippen molar-refractivity contribution < 1.29 is 0 Å². The minimum atomic E-state index is 0.314. The first-order chi connectivity index (χ1) is 9.67. The molecule has 0 saturated carbocycles. The van der Waals surface area contributed by atoms with Crippen molar-refractivity contribution >= 4 is 0 Å². The number of nitrogens with zero attached hydrogens (tertiary/aromatic N) is 2. The van der Waals surface area contributed by atoms with Gasteiger partial charge in [0.05, 0.1) is 0 Å². The van der Waals surface area contributed by atoms with E-state index >= 15 is 0 Å². The average molecular weight is 271 g/mol. The van der Waals surface area contributed by atoms with Gasteiger partial charge in [0, 0.05) is 31.4 Å². The molecule has 1 atom stereocenters. The van der Waals surface area contributed by atoms with Gasteiger partial charge in [-0.15, -0.1) is 0 Å². The van der Waals surface area contributed by atoms with Crippen molar-refractivity contribution in [3.05, 3.63) is 53.1 Å². The lowest BCUT2D eigenvalue weighted by molar-refractivity contribution is 0.539. The topological polar surface area (TPSA) is 29.9 Å². The SMILES string of the molecule is CCCn1ccnc1CC(NC)c1c(C)cccc1C. The Morgan fingerprint density at radius 1 is 1.25 bits per heavy atom. The predicted molar refractivity (Wildman–Crippen MR) is 83.9 cm³/mol. The van der Waals surface area contributed by atoms with Crippen molar-refractivity contribution in [1.82, 2.24) is 14.9 Å². The lowest BCUT2D eigenvalue weighted by Gasteiger charge is -2.21. The first-order valence-corrected chi connectivity index (χ1v) is 7.40. The number of hydrogen-bond donors (Lipinski definition) is 1. The maximum Gasteiger partial charge on any atom is 0.110 e. The van der Waals surface area contributed by atoms with Crippen molar-refractivity contribution in [3.63, 3.8) is 0 Å². The van der Waals surface area contributed by atoms with Crippen LogP contribution in [0.4, 0.5) is 0 Å². The van der Waals surface area contributed by atoms with Crippen molar-refractivity contribution in [1.29, 1.82) is 0 Å². The molecule has 0 fully saturated rings. The third kappa shape index (κ3) is 3.10. The molecule has 2 aromatic rings. The summed E-state index contributed by atoms with van der Waals surface area (Å²) >= 11 is 0. The van der Waals surface area contributed by atoms with Gasteiger partial charge in [0.15, 0.2) is 0 Å². The van der Waals surface area contributed by atoms with Gasteiger partial charge in [0.2, 0.25) is 0 Å². The number of hydrogen-bond acceptors (Lipinski definition) is 2. The van der Waals surface area contributed by atoms with E-state index in [0.29, 0.717) is 6.04 Å². The van der Waals surface area contributed by atoms with Crippen LogP contribution < -0.4 is 5.32 Å². The number of imidazole rings is 1. The molecule has 0 radical (unpaired) electrons. The van der Waals surface area contributed by atoms with E-state index in [4.69, 9.17) is 0 Å². The van der Waals surface area contributed by atoms with Gasteiger partial charge in [0.1, 0.15) is 5.82 Å². The molecule has 3 nitrogen and oxygen atoms in total. The summed E-state index contributed by atoms with van der Waals surface area (Å²) in [6.45, 7) is 7.61. The van der Waals surface area contributed by atoms with Crippen LogP contribution in [0.15, 0.2) is 30.6 Å². The van der Waals surface area contributed by atoms with E-state index in [-0.39, 0.29) is 0 Å². The van der Waals surface area contributed by atoms with Gasteiger partial charge in [-0.05, 0) is 44.0 Å². The number of nitrogens with one attached hydrogen (secondary N) is 1. The molecule has 1 aromatic heterocycles. The van der Waals surface area contributed by atoms with E-state index in [1.165, 1.54) is 16.7 Å². The molecule has 3 heteroatoms. The van der Waals surface area contributed by atoms with Crippen molar-refractivity contribution in [2.45, 2.75) is 46.2 Å².